The SMILES string of the molecule is COc1ccc(C(=O)OCC(=O)N2CCN(Cc3ccccc3)CC2)cc1S(=O)(=O)N(C)C. The first kappa shape index (κ1) is 24.7. The summed E-state index contributed by atoms with van der Waals surface area (Å²) in [4.78, 5) is 28.8. The number of rotatable bonds is 8. The van der Waals surface area contributed by atoms with Crippen molar-refractivity contribution in [2.24, 2.45) is 0 Å². The molecule has 0 bridgehead atoms. The van der Waals surface area contributed by atoms with Crippen LogP contribution < -0.4 is 4.74 Å². The second kappa shape index (κ2) is 10.8. The number of carbonyl (C=O) groups excluding carboxylic acids is 2. The van der Waals surface area contributed by atoms with Crippen molar-refractivity contribution < 1.29 is 27.5 Å². The fraction of sp³-hybridized carbons (Fsp3) is 0.391. The van der Waals surface area contributed by atoms with E-state index in [4.69, 9.17) is 9.47 Å². The molecule has 0 radical (unpaired) electrons. The largest absolute Gasteiger partial charge is 0.495 e. The van der Waals surface area contributed by atoms with Crippen LogP contribution in [0.4, 0.5) is 0 Å². The zero-order valence-corrected chi connectivity index (χ0v) is 19.9. The lowest BCUT2D eigenvalue weighted by Gasteiger charge is -2.34. The van der Waals surface area contributed by atoms with Gasteiger partial charge in [-0.15, -0.1) is 0 Å². The topological polar surface area (TPSA) is 96.5 Å². The van der Waals surface area contributed by atoms with Gasteiger partial charge in [0, 0.05) is 46.8 Å². The van der Waals surface area contributed by atoms with E-state index in [9.17, 15) is 18.0 Å². The fourth-order valence-electron chi connectivity index (χ4n) is 3.50. The molecule has 1 aliphatic heterocycles. The van der Waals surface area contributed by atoms with Gasteiger partial charge in [0.25, 0.3) is 5.91 Å². The summed E-state index contributed by atoms with van der Waals surface area (Å²) in [5.74, 6) is -0.939. The van der Waals surface area contributed by atoms with Crippen LogP contribution in [0.5, 0.6) is 5.75 Å². The predicted molar refractivity (Wildman–Crippen MR) is 122 cm³/mol. The molecule has 0 saturated carbocycles. The monoisotopic (exact) mass is 475 g/mol. The van der Waals surface area contributed by atoms with Gasteiger partial charge in [0.2, 0.25) is 10.0 Å². The molecule has 33 heavy (non-hydrogen) atoms. The summed E-state index contributed by atoms with van der Waals surface area (Å²) in [5, 5.41) is 0. The van der Waals surface area contributed by atoms with Crippen molar-refractivity contribution in [3.05, 3.63) is 59.7 Å². The number of sulfonamides is 1. The fourth-order valence-corrected chi connectivity index (χ4v) is 4.58. The average Bonchev–Trinajstić information content (AvgIpc) is 2.82. The van der Waals surface area contributed by atoms with Gasteiger partial charge in [-0.05, 0) is 23.8 Å². The Kier molecular flexibility index (Phi) is 8.06. The molecule has 10 heteroatoms. The molecule has 0 aromatic heterocycles. The van der Waals surface area contributed by atoms with Gasteiger partial charge in [-0.25, -0.2) is 17.5 Å². The van der Waals surface area contributed by atoms with E-state index in [0.29, 0.717) is 13.1 Å². The lowest BCUT2D eigenvalue weighted by Crippen LogP contribution is -2.49. The molecule has 1 aliphatic rings. The number of nitrogens with zero attached hydrogens (tertiary/aromatic N) is 3. The molecule has 0 unspecified atom stereocenters. The molecule has 1 amide bonds. The molecule has 1 saturated heterocycles. The number of esters is 1. The van der Waals surface area contributed by atoms with Crippen molar-refractivity contribution in [2.45, 2.75) is 11.4 Å². The lowest BCUT2D eigenvalue weighted by molar-refractivity contribution is -0.136. The Hall–Kier alpha value is -2.95. The standard InChI is InChI=1S/C23H29N3O6S/c1-24(2)33(29,30)21-15-19(9-10-20(21)31-3)23(28)32-17-22(27)26-13-11-25(12-14-26)16-18-7-5-4-6-8-18/h4-10,15H,11-14,16-17H2,1-3H3. The van der Waals surface area contributed by atoms with Crippen molar-refractivity contribution in [1.29, 1.82) is 0 Å². The van der Waals surface area contributed by atoms with E-state index in [1.165, 1.54) is 45.0 Å². The van der Waals surface area contributed by atoms with Crippen molar-refractivity contribution in [3.63, 3.8) is 0 Å². The van der Waals surface area contributed by atoms with Crippen LogP contribution in [0, 0.1) is 0 Å². The molecule has 9 nitrogen and oxygen atoms in total. The summed E-state index contributed by atoms with van der Waals surface area (Å²) in [6.07, 6.45) is 0. The number of hydrogen-bond acceptors (Lipinski definition) is 7. The Balaban J connectivity index is 1.55. The second-order valence-electron chi connectivity index (χ2n) is 7.87. The van der Waals surface area contributed by atoms with Gasteiger partial charge in [-0.3, -0.25) is 9.69 Å². The van der Waals surface area contributed by atoms with E-state index in [1.807, 2.05) is 18.2 Å². The van der Waals surface area contributed by atoms with E-state index in [0.717, 1.165) is 23.9 Å². The molecule has 0 aliphatic carbocycles. The summed E-state index contributed by atoms with van der Waals surface area (Å²) in [7, 11) is 0.290. The van der Waals surface area contributed by atoms with Crippen molar-refractivity contribution in [3.8, 4) is 5.75 Å². The van der Waals surface area contributed by atoms with Crippen LogP contribution >= 0.6 is 0 Å². The molecule has 1 heterocycles. The van der Waals surface area contributed by atoms with Crippen LogP contribution in [0.15, 0.2) is 53.4 Å². The Bertz CT molecular complexity index is 1080. The third kappa shape index (κ3) is 6.10. The van der Waals surface area contributed by atoms with Crippen molar-refractivity contribution in [1.82, 2.24) is 14.1 Å². The average molecular weight is 476 g/mol. The van der Waals surface area contributed by atoms with Gasteiger partial charge in [-0.1, -0.05) is 30.3 Å². The van der Waals surface area contributed by atoms with Crippen molar-refractivity contribution >= 4 is 21.9 Å². The smallest absolute Gasteiger partial charge is 0.338 e. The molecule has 2 aromatic rings. The Morgan fingerprint density at radius 1 is 1.00 bits per heavy atom. The first-order chi connectivity index (χ1) is 15.7. The number of carbonyl (C=O) groups is 2. The Morgan fingerprint density at radius 3 is 2.27 bits per heavy atom. The minimum Gasteiger partial charge on any atom is -0.495 e. The normalized spacial score (nSPS) is 14.8. The predicted octanol–water partition coefficient (Wildman–Crippen LogP) is 1.45. The van der Waals surface area contributed by atoms with Crippen LogP contribution in [-0.4, -0.2) is 88.4 Å². The molecule has 0 atom stereocenters. The second-order valence-corrected chi connectivity index (χ2v) is 9.99. The number of benzene rings is 2. The summed E-state index contributed by atoms with van der Waals surface area (Å²) >= 11 is 0. The zero-order chi connectivity index (χ0) is 24.0. The molecule has 0 N–H and O–H groups in total. The third-order valence-corrected chi connectivity index (χ3v) is 7.29. The van der Waals surface area contributed by atoms with E-state index in [2.05, 4.69) is 17.0 Å². The molecular formula is C23H29N3O6S. The summed E-state index contributed by atoms with van der Waals surface area (Å²) in [6.45, 7) is 3.00. The van der Waals surface area contributed by atoms with Crippen LogP contribution in [0.1, 0.15) is 15.9 Å². The minimum absolute atomic E-state index is 0.0247. The van der Waals surface area contributed by atoms with Crippen LogP contribution in [0.3, 0.4) is 0 Å². The maximum atomic E-state index is 12.5. The Labute approximate surface area is 194 Å². The first-order valence-corrected chi connectivity index (χ1v) is 12.0. The third-order valence-electron chi connectivity index (χ3n) is 5.46. The van der Waals surface area contributed by atoms with E-state index >= 15 is 0 Å². The number of piperazine rings is 1. The quantitative estimate of drug-likeness (QED) is 0.533. The molecule has 178 valence electrons. The van der Waals surface area contributed by atoms with Gasteiger partial charge in [0.15, 0.2) is 6.61 Å². The highest BCUT2D eigenvalue weighted by molar-refractivity contribution is 7.89. The number of ether oxygens (including phenoxy) is 2. The summed E-state index contributed by atoms with van der Waals surface area (Å²) < 4.78 is 36.4. The lowest BCUT2D eigenvalue weighted by atomic mass is 10.2. The highest BCUT2D eigenvalue weighted by Gasteiger charge is 2.25. The summed E-state index contributed by atoms with van der Waals surface area (Å²) in [5.41, 5.74) is 1.25. The van der Waals surface area contributed by atoms with Gasteiger partial charge in [0.1, 0.15) is 10.6 Å². The van der Waals surface area contributed by atoms with Gasteiger partial charge in [0.05, 0.1) is 12.7 Å². The van der Waals surface area contributed by atoms with Crippen LogP contribution in [0.25, 0.3) is 0 Å². The van der Waals surface area contributed by atoms with Gasteiger partial charge >= 0.3 is 5.97 Å². The molecule has 0 spiro atoms. The Morgan fingerprint density at radius 2 is 1.67 bits per heavy atom. The molecule has 3 rings (SSSR count). The minimum atomic E-state index is -3.83. The number of amides is 1. The first-order valence-electron chi connectivity index (χ1n) is 10.5. The maximum absolute atomic E-state index is 12.5. The van der Waals surface area contributed by atoms with E-state index < -0.39 is 22.6 Å². The number of hydrogen-bond donors (Lipinski definition) is 0. The summed E-state index contributed by atoms with van der Waals surface area (Å²) in [6, 6.07) is 14.1. The molecule has 2 aromatic carbocycles. The van der Waals surface area contributed by atoms with Gasteiger partial charge < -0.3 is 14.4 Å². The maximum Gasteiger partial charge on any atom is 0.338 e. The van der Waals surface area contributed by atoms with E-state index in [-0.39, 0.29) is 22.1 Å². The van der Waals surface area contributed by atoms with E-state index in [1.54, 1.807) is 4.90 Å². The molecule has 1 fully saturated rings. The van der Waals surface area contributed by atoms with Crippen LogP contribution in [-0.2, 0) is 26.1 Å². The van der Waals surface area contributed by atoms with Gasteiger partial charge in [-0.2, -0.15) is 0 Å². The number of methoxy groups -OCH3 is 1. The highest BCUT2D eigenvalue weighted by Crippen LogP contribution is 2.27. The van der Waals surface area contributed by atoms with Crippen molar-refractivity contribution in [2.75, 3.05) is 54.0 Å². The molecular weight excluding hydrogens is 446 g/mol. The zero-order valence-electron chi connectivity index (χ0n) is 19.1. The highest BCUT2D eigenvalue weighted by atomic mass is 32.2. The van der Waals surface area contributed by atoms with Crippen LogP contribution in [0.2, 0.25) is 0 Å².